The Bertz CT molecular complexity index is 791. The van der Waals surface area contributed by atoms with E-state index in [0.29, 0.717) is 25.6 Å². The summed E-state index contributed by atoms with van der Waals surface area (Å²) in [5.74, 6) is 1.48. The molecule has 0 aliphatic heterocycles. The van der Waals surface area contributed by atoms with Gasteiger partial charge in [0.05, 0.1) is 0 Å². The molecule has 0 fully saturated rings. The number of anilines is 1. The summed E-state index contributed by atoms with van der Waals surface area (Å²) >= 11 is 3.51. The summed E-state index contributed by atoms with van der Waals surface area (Å²) in [6.07, 6.45) is 0. The second-order valence-electron chi connectivity index (χ2n) is 5.20. The average molecular weight is 388 g/mol. The molecule has 6 nitrogen and oxygen atoms in total. The van der Waals surface area contributed by atoms with Gasteiger partial charge >= 0.3 is 0 Å². The summed E-state index contributed by atoms with van der Waals surface area (Å²) in [7, 11) is 0. The van der Waals surface area contributed by atoms with Crippen LogP contribution in [-0.4, -0.2) is 20.2 Å². The van der Waals surface area contributed by atoms with E-state index >= 15 is 0 Å². The Morgan fingerprint density at radius 3 is 2.79 bits per heavy atom. The van der Waals surface area contributed by atoms with Crippen molar-refractivity contribution >= 4 is 21.9 Å². The van der Waals surface area contributed by atoms with Gasteiger partial charge in [0.1, 0.15) is 12.4 Å². The zero-order valence-electron chi connectivity index (χ0n) is 13.3. The van der Waals surface area contributed by atoms with Crippen LogP contribution in [0.25, 0.3) is 0 Å². The molecule has 7 heteroatoms. The largest absolute Gasteiger partial charge is 0.489 e. The van der Waals surface area contributed by atoms with Crippen LogP contribution in [0, 0.1) is 0 Å². The minimum absolute atomic E-state index is 0.530. The first kappa shape index (κ1) is 16.4. The fraction of sp³-hybridized carbons (Fsp3) is 0.235. The lowest BCUT2D eigenvalue weighted by atomic mass is 10.2. The smallest absolute Gasteiger partial charge is 0.243 e. The molecule has 3 rings (SSSR count). The van der Waals surface area contributed by atoms with Gasteiger partial charge in [0.2, 0.25) is 5.95 Å². The van der Waals surface area contributed by atoms with E-state index in [0.717, 1.165) is 21.3 Å². The second kappa shape index (κ2) is 7.92. The summed E-state index contributed by atoms with van der Waals surface area (Å²) in [5, 5.41) is 14.8. The number of benzene rings is 2. The standard InChI is InChI=1S/C17H18BrN5O/c1-2-23-17(20-21-22-23)19-11-14-10-15(18)8-9-16(14)24-12-13-6-4-3-5-7-13/h3-10H,2,11-12H2,1H3,(H,19,20,22). The first-order chi connectivity index (χ1) is 11.8. The van der Waals surface area contributed by atoms with Crippen molar-refractivity contribution in [1.29, 1.82) is 0 Å². The number of nitrogens with zero attached hydrogens (tertiary/aromatic N) is 4. The van der Waals surface area contributed by atoms with E-state index in [-0.39, 0.29) is 0 Å². The molecule has 0 spiro atoms. The van der Waals surface area contributed by atoms with Gasteiger partial charge in [-0.2, -0.15) is 0 Å². The molecule has 1 aromatic heterocycles. The third-order valence-electron chi connectivity index (χ3n) is 3.53. The fourth-order valence-electron chi connectivity index (χ4n) is 2.28. The monoisotopic (exact) mass is 387 g/mol. The van der Waals surface area contributed by atoms with Gasteiger partial charge in [0.15, 0.2) is 0 Å². The molecule has 1 heterocycles. The predicted molar refractivity (Wildman–Crippen MR) is 95.7 cm³/mol. The van der Waals surface area contributed by atoms with Gasteiger partial charge in [0.25, 0.3) is 0 Å². The number of halogens is 1. The lowest BCUT2D eigenvalue weighted by molar-refractivity contribution is 0.303. The SMILES string of the molecule is CCn1nnnc1NCc1cc(Br)ccc1OCc1ccccc1. The molecule has 3 aromatic rings. The molecule has 24 heavy (non-hydrogen) atoms. The molecule has 0 saturated carbocycles. The maximum Gasteiger partial charge on any atom is 0.243 e. The highest BCUT2D eigenvalue weighted by Crippen LogP contribution is 2.25. The summed E-state index contributed by atoms with van der Waals surface area (Å²) in [6.45, 7) is 3.81. The van der Waals surface area contributed by atoms with Crippen molar-refractivity contribution in [2.45, 2.75) is 26.6 Å². The van der Waals surface area contributed by atoms with Crippen molar-refractivity contribution in [3.63, 3.8) is 0 Å². The summed E-state index contributed by atoms with van der Waals surface area (Å²) in [5.41, 5.74) is 2.17. The van der Waals surface area contributed by atoms with Crippen molar-refractivity contribution in [2.24, 2.45) is 0 Å². The number of rotatable bonds is 7. The Morgan fingerprint density at radius 2 is 2.00 bits per heavy atom. The van der Waals surface area contributed by atoms with Crippen LogP contribution < -0.4 is 10.1 Å². The van der Waals surface area contributed by atoms with Gasteiger partial charge in [-0.25, -0.2) is 4.68 Å². The van der Waals surface area contributed by atoms with E-state index in [2.05, 4.69) is 36.8 Å². The lowest BCUT2D eigenvalue weighted by Gasteiger charge is -2.13. The van der Waals surface area contributed by atoms with Gasteiger partial charge in [0, 0.05) is 23.1 Å². The Labute approximate surface area is 149 Å². The van der Waals surface area contributed by atoms with Crippen LogP contribution in [0.1, 0.15) is 18.1 Å². The van der Waals surface area contributed by atoms with Crippen LogP contribution in [-0.2, 0) is 19.7 Å². The topological polar surface area (TPSA) is 64.9 Å². The van der Waals surface area contributed by atoms with E-state index in [1.54, 1.807) is 4.68 Å². The zero-order chi connectivity index (χ0) is 16.8. The van der Waals surface area contributed by atoms with Crippen molar-refractivity contribution in [2.75, 3.05) is 5.32 Å². The molecule has 0 amide bonds. The summed E-state index contributed by atoms with van der Waals surface area (Å²) < 4.78 is 8.70. The Balaban J connectivity index is 1.71. The highest BCUT2D eigenvalue weighted by Gasteiger charge is 2.08. The number of hydrogen-bond acceptors (Lipinski definition) is 5. The molecule has 1 N–H and O–H groups in total. The number of tetrazole rings is 1. The molecule has 124 valence electrons. The van der Waals surface area contributed by atoms with E-state index in [9.17, 15) is 0 Å². The molecule has 0 aliphatic carbocycles. The maximum absolute atomic E-state index is 5.99. The van der Waals surface area contributed by atoms with Crippen molar-refractivity contribution < 1.29 is 4.74 Å². The third-order valence-corrected chi connectivity index (χ3v) is 4.02. The average Bonchev–Trinajstić information content (AvgIpc) is 3.07. The molecule has 0 saturated heterocycles. The van der Waals surface area contributed by atoms with E-state index in [1.165, 1.54) is 0 Å². The summed E-state index contributed by atoms with van der Waals surface area (Å²) in [4.78, 5) is 0. The van der Waals surface area contributed by atoms with Crippen molar-refractivity contribution in [3.05, 3.63) is 64.1 Å². The van der Waals surface area contributed by atoms with Gasteiger partial charge in [-0.15, -0.1) is 0 Å². The second-order valence-corrected chi connectivity index (χ2v) is 6.11. The predicted octanol–water partition coefficient (Wildman–Crippen LogP) is 3.65. The molecule has 2 aromatic carbocycles. The van der Waals surface area contributed by atoms with E-state index in [4.69, 9.17) is 4.74 Å². The Hall–Kier alpha value is -2.41. The van der Waals surface area contributed by atoms with Crippen LogP contribution in [0.5, 0.6) is 5.75 Å². The molecule has 0 unspecified atom stereocenters. The number of hydrogen-bond donors (Lipinski definition) is 1. The third kappa shape index (κ3) is 4.11. The Morgan fingerprint density at radius 1 is 1.17 bits per heavy atom. The van der Waals surface area contributed by atoms with Gasteiger partial charge in [-0.1, -0.05) is 51.4 Å². The first-order valence-electron chi connectivity index (χ1n) is 7.71. The van der Waals surface area contributed by atoms with Gasteiger partial charge in [-0.05, 0) is 41.1 Å². The van der Waals surface area contributed by atoms with Crippen LogP contribution in [0.15, 0.2) is 53.0 Å². The quantitative estimate of drug-likeness (QED) is 0.670. The highest BCUT2D eigenvalue weighted by atomic mass is 79.9. The van der Waals surface area contributed by atoms with Crippen molar-refractivity contribution in [1.82, 2.24) is 20.2 Å². The van der Waals surface area contributed by atoms with Crippen LogP contribution in [0.3, 0.4) is 0 Å². The number of ether oxygens (including phenoxy) is 1. The lowest BCUT2D eigenvalue weighted by Crippen LogP contribution is -2.09. The summed E-state index contributed by atoms with van der Waals surface area (Å²) in [6, 6.07) is 16.1. The molecule has 0 bridgehead atoms. The van der Waals surface area contributed by atoms with Crippen LogP contribution in [0.4, 0.5) is 5.95 Å². The minimum Gasteiger partial charge on any atom is -0.489 e. The number of aryl methyl sites for hydroxylation is 1. The van der Waals surface area contributed by atoms with Crippen LogP contribution >= 0.6 is 15.9 Å². The molecule has 0 radical (unpaired) electrons. The molecule has 0 aliphatic rings. The zero-order valence-corrected chi connectivity index (χ0v) is 14.9. The highest BCUT2D eigenvalue weighted by molar-refractivity contribution is 9.10. The van der Waals surface area contributed by atoms with Crippen LogP contribution in [0.2, 0.25) is 0 Å². The molecule has 0 atom stereocenters. The van der Waals surface area contributed by atoms with E-state index in [1.807, 2.05) is 55.5 Å². The normalized spacial score (nSPS) is 10.6. The Kier molecular flexibility index (Phi) is 5.43. The molecular formula is C17H18BrN5O. The number of nitrogens with one attached hydrogen (secondary N) is 1. The minimum atomic E-state index is 0.530. The number of aromatic nitrogens is 4. The van der Waals surface area contributed by atoms with E-state index < -0.39 is 0 Å². The maximum atomic E-state index is 5.99. The fourth-order valence-corrected chi connectivity index (χ4v) is 2.69. The first-order valence-corrected chi connectivity index (χ1v) is 8.50. The van der Waals surface area contributed by atoms with Crippen molar-refractivity contribution in [3.8, 4) is 5.75 Å². The van der Waals surface area contributed by atoms with Gasteiger partial charge in [-0.3, -0.25) is 0 Å². The molecular weight excluding hydrogens is 370 g/mol. The van der Waals surface area contributed by atoms with Gasteiger partial charge < -0.3 is 10.1 Å².